The van der Waals surface area contributed by atoms with Gasteiger partial charge in [0.15, 0.2) is 4.67 Å². The first-order chi connectivity index (χ1) is 6.25. The molecule has 0 bridgehead atoms. The quantitative estimate of drug-likeness (QED) is 0.793. The number of halogens is 1. The summed E-state index contributed by atoms with van der Waals surface area (Å²) < 4.78 is 5.38. The van der Waals surface area contributed by atoms with E-state index in [-0.39, 0.29) is 38.6 Å². The number of carbonyl (C=O) groups excluding carboxylic acids is 1. The van der Waals surface area contributed by atoms with Crippen molar-refractivity contribution in [2.45, 2.75) is 19.8 Å². The summed E-state index contributed by atoms with van der Waals surface area (Å²) >= 11 is 3.13. The topological polar surface area (TPSA) is 44.3 Å². The zero-order valence-electron chi connectivity index (χ0n) is 8.00. The number of amides is 1. The predicted molar refractivity (Wildman–Crippen MR) is 53.9 cm³/mol. The Morgan fingerprint density at radius 2 is 2.36 bits per heavy atom. The fourth-order valence-corrected chi connectivity index (χ4v) is 1.28. The second-order valence-corrected chi connectivity index (χ2v) is 3.37. The first-order valence-electron chi connectivity index (χ1n) is 4.20. The molecule has 0 saturated carbocycles. The van der Waals surface area contributed by atoms with E-state index in [9.17, 15) is 4.79 Å². The van der Waals surface area contributed by atoms with Crippen LogP contribution in [-0.2, 0) is 32.7 Å². The van der Waals surface area contributed by atoms with Crippen molar-refractivity contribution in [3.8, 4) is 0 Å². The van der Waals surface area contributed by atoms with Crippen molar-refractivity contribution in [2.24, 2.45) is 0 Å². The molecule has 0 spiro atoms. The van der Waals surface area contributed by atoms with E-state index in [4.69, 9.17) is 4.42 Å². The molecule has 1 rings (SSSR count). The maximum Gasteiger partial charge on any atom is 0.178 e. The average molecular weight is 334 g/mol. The molecule has 0 aliphatic heterocycles. The zero-order chi connectivity index (χ0) is 9.68. The van der Waals surface area contributed by atoms with Crippen molar-refractivity contribution < 1.29 is 41.9 Å². The van der Waals surface area contributed by atoms with E-state index in [0.29, 0.717) is 16.8 Å². The van der Waals surface area contributed by atoms with Crippen LogP contribution in [0.5, 0.6) is 0 Å². The van der Waals surface area contributed by atoms with Crippen LogP contribution in [0.2, 0.25) is 0 Å². The van der Waals surface area contributed by atoms with E-state index in [2.05, 4.69) is 28.2 Å². The van der Waals surface area contributed by atoms with Gasteiger partial charge < -0.3 is 14.5 Å². The van der Waals surface area contributed by atoms with Gasteiger partial charge in [-0.25, -0.2) is 0 Å². The number of nitrogens with zero attached hydrogens (tertiary/aromatic N) is 1. The van der Waals surface area contributed by atoms with Gasteiger partial charge in [0.2, 0.25) is 0 Å². The van der Waals surface area contributed by atoms with Crippen LogP contribution in [0.15, 0.2) is 21.4 Å². The van der Waals surface area contributed by atoms with Gasteiger partial charge in [0.25, 0.3) is 0 Å². The number of rotatable bonds is 4. The molecule has 1 amide bonds. The summed E-state index contributed by atoms with van der Waals surface area (Å²) in [6.07, 6.45) is 3.46. The van der Waals surface area contributed by atoms with Gasteiger partial charge in [-0.2, -0.15) is 0 Å². The molecule has 0 unspecified atom stereocenters. The van der Waals surface area contributed by atoms with Crippen LogP contribution in [0, 0.1) is 0 Å². The van der Waals surface area contributed by atoms with Crippen LogP contribution >= 0.6 is 15.9 Å². The molecule has 0 fully saturated rings. The van der Waals surface area contributed by atoms with Crippen molar-refractivity contribution >= 4 is 21.8 Å². The molecule has 5 heteroatoms. The maximum atomic E-state index is 11.3. The van der Waals surface area contributed by atoms with Gasteiger partial charge in [-0.05, 0) is 22.0 Å². The average Bonchev–Trinajstić information content (AvgIpc) is 2.52. The summed E-state index contributed by atoms with van der Waals surface area (Å²) in [5.41, 5.74) is 0.496. The third-order valence-electron chi connectivity index (χ3n) is 1.62. The van der Waals surface area contributed by atoms with E-state index in [1.54, 1.807) is 6.07 Å². The van der Waals surface area contributed by atoms with E-state index in [1.165, 1.54) is 6.26 Å². The van der Waals surface area contributed by atoms with Crippen molar-refractivity contribution in [1.82, 2.24) is 0 Å². The van der Waals surface area contributed by atoms with Gasteiger partial charge in [-0.1, -0.05) is 19.8 Å². The van der Waals surface area contributed by atoms with Crippen LogP contribution in [-0.4, -0.2) is 12.5 Å². The minimum absolute atomic E-state index is 0. The number of hydrogen-bond acceptors (Lipinski definition) is 2. The standard InChI is InChI=1S/C9H12BrNO2.Y/c1-2-3-5-11-9(12)7-4-6-13-8(7)10;/h4,6H,2-3,5H2,1H3,(H,11,12);/p-1. The first-order valence-corrected chi connectivity index (χ1v) is 4.99. The molecule has 1 radical (unpaired) electrons. The van der Waals surface area contributed by atoms with E-state index in [1.807, 2.05) is 0 Å². The molecular formula is C9H11BrNO2Y-. The predicted octanol–water partition coefficient (Wildman–Crippen LogP) is 3.35. The molecule has 1 aromatic heterocycles. The molecule has 0 saturated heterocycles. The zero-order valence-corrected chi connectivity index (χ0v) is 12.4. The maximum absolute atomic E-state index is 11.3. The molecule has 14 heavy (non-hydrogen) atoms. The Kier molecular flexibility index (Phi) is 7.78. The van der Waals surface area contributed by atoms with Gasteiger partial charge in [-0.3, -0.25) is 0 Å². The van der Waals surface area contributed by atoms with Gasteiger partial charge in [0.1, 0.15) is 0 Å². The summed E-state index contributed by atoms with van der Waals surface area (Å²) in [4.78, 5) is 11.3. The van der Waals surface area contributed by atoms with Crippen LogP contribution in [0.3, 0.4) is 0 Å². The third kappa shape index (κ3) is 4.24. The third-order valence-corrected chi connectivity index (χ3v) is 2.23. The molecular weight excluding hydrogens is 323 g/mol. The molecule has 75 valence electrons. The Morgan fingerprint density at radius 3 is 2.86 bits per heavy atom. The summed E-state index contributed by atoms with van der Waals surface area (Å²) in [7, 11) is 0. The second-order valence-electron chi connectivity index (χ2n) is 2.65. The fourth-order valence-electron chi connectivity index (χ4n) is 0.870. The fraction of sp³-hybridized carbons (Fsp3) is 0.444. The Balaban J connectivity index is 0.00000169. The van der Waals surface area contributed by atoms with Gasteiger partial charge in [0.05, 0.1) is 17.7 Å². The van der Waals surface area contributed by atoms with Crippen molar-refractivity contribution in [3.63, 3.8) is 0 Å². The van der Waals surface area contributed by atoms with E-state index < -0.39 is 0 Å². The first kappa shape index (κ1) is 14.3. The Bertz CT molecular complexity index is 288. The number of furan rings is 1. The number of carbonyl (C=O) groups is 1. The van der Waals surface area contributed by atoms with Crippen LogP contribution in [0.4, 0.5) is 0 Å². The molecule has 0 aliphatic rings. The summed E-state index contributed by atoms with van der Waals surface area (Å²) in [5, 5.41) is 3.89. The van der Waals surface area contributed by atoms with Crippen molar-refractivity contribution in [3.05, 3.63) is 27.9 Å². The van der Waals surface area contributed by atoms with Crippen LogP contribution in [0.1, 0.15) is 30.1 Å². The van der Waals surface area contributed by atoms with Crippen LogP contribution < -0.4 is 0 Å². The minimum atomic E-state index is -0.214. The van der Waals surface area contributed by atoms with E-state index >= 15 is 0 Å². The number of hydrogen-bond donors (Lipinski definition) is 0. The summed E-state index contributed by atoms with van der Waals surface area (Å²) in [5.74, 6) is -0.214. The molecule has 1 heterocycles. The molecule has 3 nitrogen and oxygen atoms in total. The van der Waals surface area contributed by atoms with Crippen LogP contribution in [0.25, 0.3) is 5.32 Å². The molecule has 0 atom stereocenters. The molecule has 1 aromatic rings. The molecule has 0 aliphatic carbocycles. The smallest absolute Gasteiger partial charge is 0.178 e. The largest absolute Gasteiger partial charge is 0.649 e. The summed E-state index contributed by atoms with van der Waals surface area (Å²) in [6.45, 7) is 2.65. The van der Waals surface area contributed by atoms with Gasteiger partial charge >= 0.3 is 0 Å². The molecule has 0 N–H and O–H groups in total. The van der Waals surface area contributed by atoms with Crippen molar-refractivity contribution in [1.29, 1.82) is 0 Å². The Hall–Kier alpha value is 0.334. The summed E-state index contributed by atoms with van der Waals surface area (Å²) in [6, 6.07) is 1.61. The monoisotopic (exact) mass is 333 g/mol. The van der Waals surface area contributed by atoms with E-state index in [0.717, 1.165) is 12.8 Å². The molecule has 0 aromatic carbocycles. The van der Waals surface area contributed by atoms with Gasteiger partial charge in [0, 0.05) is 32.7 Å². The van der Waals surface area contributed by atoms with Gasteiger partial charge in [-0.15, -0.1) is 6.54 Å². The van der Waals surface area contributed by atoms with Crippen molar-refractivity contribution in [2.75, 3.05) is 6.54 Å². The number of unbranched alkanes of at least 4 members (excludes halogenated alkanes) is 1. The second kappa shape index (κ2) is 7.60. The Morgan fingerprint density at radius 1 is 1.64 bits per heavy atom. The minimum Gasteiger partial charge on any atom is -0.649 e. The Labute approximate surface area is 117 Å². The SMILES string of the molecule is CCCC[N-]C(=O)c1ccoc1Br.[Y]. The normalized spacial score (nSPS) is 9.29.